The lowest BCUT2D eigenvalue weighted by Crippen LogP contribution is -2.50. The molecule has 0 saturated carbocycles. The maximum atomic E-state index is 12.8. The molecule has 7 heteroatoms. The number of nitrogens with zero attached hydrogens (tertiary/aromatic N) is 1. The fraction of sp³-hybridized carbons (Fsp3) is 0.267. The molecule has 1 atom stereocenters. The van der Waals surface area contributed by atoms with E-state index in [4.69, 9.17) is 0 Å². The molecule has 1 aliphatic rings. The fourth-order valence-electron chi connectivity index (χ4n) is 2.53. The minimum atomic E-state index is -3.81. The van der Waals surface area contributed by atoms with Crippen LogP contribution in [-0.2, 0) is 14.8 Å². The Balaban J connectivity index is 2.04. The van der Waals surface area contributed by atoms with Crippen molar-refractivity contribution in [2.45, 2.75) is 10.9 Å². The first kappa shape index (κ1) is 15.3. The van der Waals surface area contributed by atoms with Crippen molar-refractivity contribution in [3.8, 4) is 0 Å². The van der Waals surface area contributed by atoms with Crippen molar-refractivity contribution >= 4 is 38.5 Å². The SMILES string of the molecule is O=C(O)C1CSCCN1S(=O)(=O)c1ccc2ccccc2c1. The minimum absolute atomic E-state index is 0.143. The second-order valence-electron chi connectivity index (χ2n) is 5.05. The quantitative estimate of drug-likeness (QED) is 0.927. The van der Waals surface area contributed by atoms with Crippen molar-refractivity contribution < 1.29 is 18.3 Å². The number of aliphatic carboxylic acids is 1. The number of fused-ring (bicyclic) bond motifs is 1. The van der Waals surface area contributed by atoms with Crippen molar-refractivity contribution in [3.63, 3.8) is 0 Å². The van der Waals surface area contributed by atoms with Crippen molar-refractivity contribution in [2.24, 2.45) is 0 Å². The monoisotopic (exact) mass is 337 g/mol. The number of hydrogen-bond donors (Lipinski definition) is 1. The van der Waals surface area contributed by atoms with Gasteiger partial charge in [0.1, 0.15) is 6.04 Å². The van der Waals surface area contributed by atoms with E-state index in [1.54, 1.807) is 18.2 Å². The molecular formula is C15H15NO4S2. The highest BCUT2D eigenvalue weighted by atomic mass is 32.2. The van der Waals surface area contributed by atoms with Crippen LogP contribution in [-0.4, -0.2) is 47.9 Å². The van der Waals surface area contributed by atoms with Gasteiger partial charge in [0.25, 0.3) is 0 Å². The molecule has 1 unspecified atom stereocenters. The van der Waals surface area contributed by atoms with E-state index in [1.807, 2.05) is 24.3 Å². The lowest BCUT2D eigenvalue weighted by molar-refractivity contribution is -0.140. The van der Waals surface area contributed by atoms with Gasteiger partial charge in [0.15, 0.2) is 0 Å². The predicted molar refractivity (Wildman–Crippen MR) is 86.6 cm³/mol. The first-order chi connectivity index (χ1) is 10.5. The summed E-state index contributed by atoms with van der Waals surface area (Å²) in [4.78, 5) is 11.5. The van der Waals surface area contributed by atoms with E-state index in [0.717, 1.165) is 15.1 Å². The van der Waals surface area contributed by atoms with Gasteiger partial charge < -0.3 is 5.11 Å². The summed E-state index contributed by atoms with van der Waals surface area (Å²) < 4.78 is 26.7. The van der Waals surface area contributed by atoms with Crippen LogP contribution in [0.3, 0.4) is 0 Å². The average Bonchev–Trinajstić information content (AvgIpc) is 2.54. The van der Waals surface area contributed by atoms with Gasteiger partial charge in [-0.15, -0.1) is 0 Å². The lowest BCUT2D eigenvalue weighted by atomic mass is 10.1. The maximum Gasteiger partial charge on any atom is 0.322 e. The molecule has 0 amide bonds. The minimum Gasteiger partial charge on any atom is -0.480 e. The van der Waals surface area contributed by atoms with Gasteiger partial charge >= 0.3 is 5.97 Å². The van der Waals surface area contributed by atoms with Crippen LogP contribution >= 0.6 is 11.8 Å². The van der Waals surface area contributed by atoms with Crippen molar-refractivity contribution in [3.05, 3.63) is 42.5 Å². The number of carboxylic acid groups (broad SMARTS) is 1. The Kier molecular flexibility index (Phi) is 4.12. The molecule has 2 aromatic carbocycles. The Morgan fingerprint density at radius 1 is 1.18 bits per heavy atom. The summed E-state index contributed by atoms with van der Waals surface area (Å²) in [6, 6.07) is 11.4. The molecule has 1 saturated heterocycles. The second kappa shape index (κ2) is 5.91. The highest BCUT2D eigenvalue weighted by molar-refractivity contribution is 7.99. The van der Waals surface area contributed by atoms with E-state index in [1.165, 1.54) is 11.8 Å². The van der Waals surface area contributed by atoms with Gasteiger partial charge in [0.2, 0.25) is 10.0 Å². The molecule has 0 aliphatic carbocycles. The number of hydrogen-bond acceptors (Lipinski definition) is 4. The molecular weight excluding hydrogens is 322 g/mol. The largest absolute Gasteiger partial charge is 0.480 e. The molecule has 116 valence electrons. The molecule has 1 aliphatic heterocycles. The predicted octanol–water partition coefficient (Wildman–Crippen LogP) is 2.03. The Morgan fingerprint density at radius 2 is 1.91 bits per heavy atom. The maximum absolute atomic E-state index is 12.8. The van der Waals surface area contributed by atoms with Crippen LogP contribution in [0.2, 0.25) is 0 Å². The third-order valence-corrected chi connectivity index (χ3v) is 6.62. The lowest BCUT2D eigenvalue weighted by Gasteiger charge is -2.31. The van der Waals surface area contributed by atoms with Crippen molar-refractivity contribution in [1.29, 1.82) is 0 Å². The summed E-state index contributed by atoms with van der Waals surface area (Å²) in [5.41, 5.74) is 0. The van der Waals surface area contributed by atoms with Crippen LogP contribution in [0.25, 0.3) is 10.8 Å². The van der Waals surface area contributed by atoms with Crippen LogP contribution in [0, 0.1) is 0 Å². The number of carbonyl (C=O) groups is 1. The van der Waals surface area contributed by atoms with Gasteiger partial charge in [-0.25, -0.2) is 8.42 Å². The summed E-state index contributed by atoms with van der Waals surface area (Å²) in [6.45, 7) is 0.219. The smallest absolute Gasteiger partial charge is 0.322 e. The summed E-state index contributed by atoms with van der Waals surface area (Å²) in [5.74, 6) is -0.213. The molecule has 0 bridgehead atoms. The molecule has 22 heavy (non-hydrogen) atoms. The first-order valence-corrected chi connectivity index (χ1v) is 9.41. The number of carboxylic acids is 1. The highest BCUT2D eigenvalue weighted by Gasteiger charge is 2.37. The number of thioether (sulfide) groups is 1. The Labute approximate surface area is 133 Å². The number of benzene rings is 2. The zero-order valence-electron chi connectivity index (χ0n) is 11.7. The van der Waals surface area contributed by atoms with Crippen LogP contribution in [0.15, 0.2) is 47.4 Å². The number of sulfonamides is 1. The molecule has 5 nitrogen and oxygen atoms in total. The van der Waals surface area contributed by atoms with E-state index in [9.17, 15) is 18.3 Å². The van der Waals surface area contributed by atoms with Crippen LogP contribution in [0.4, 0.5) is 0 Å². The van der Waals surface area contributed by atoms with Crippen molar-refractivity contribution in [2.75, 3.05) is 18.1 Å². The Hall–Kier alpha value is -1.57. The van der Waals surface area contributed by atoms with E-state index in [0.29, 0.717) is 5.75 Å². The average molecular weight is 337 g/mol. The molecule has 0 radical (unpaired) electrons. The summed E-state index contributed by atoms with van der Waals surface area (Å²) in [6.07, 6.45) is 0. The van der Waals surface area contributed by atoms with Crippen LogP contribution in [0.5, 0.6) is 0 Å². The van der Waals surface area contributed by atoms with Crippen LogP contribution in [0.1, 0.15) is 0 Å². The third kappa shape index (κ3) is 2.71. The van der Waals surface area contributed by atoms with Gasteiger partial charge in [0.05, 0.1) is 4.90 Å². The topological polar surface area (TPSA) is 74.7 Å². The molecule has 0 aromatic heterocycles. The first-order valence-electron chi connectivity index (χ1n) is 6.81. The van der Waals surface area contributed by atoms with Gasteiger partial charge in [-0.05, 0) is 22.9 Å². The van der Waals surface area contributed by atoms with Gasteiger partial charge in [-0.1, -0.05) is 30.3 Å². The summed E-state index contributed by atoms with van der Waals surface area (Å²) >= 11 is 1.46. The molecule has 2 aromatic rings. The molecule has 1 N–H and O–H groups in total. The Bertz CT molecular complexity index is 819. The third-order valence-electron chi connectivity index (χ3n) is 3.69. The van der Waals surface area contributed by atoms with E-state index in [-0.39, 0.29) is 17.2 Å². The zero-order valence-corrected chi connectivity index (χ0v) is 13.3. The summed E-state index contributed by atoms with van der Waals surface area (Å²) in [7, 11) is -3.81. The molecule has 3 rings (SSSR count). The van der Waals surface area contributed by atoms with Gasteiger partial charge in [0, 0.05) is 18.1 Å². The molecule has 0 spiro atoms. The van der Waals surface area contributed by atoms with E-state index in [2.05, 4.69) is 0 Å². The molecule has 1 heterocycles. The highest BCUT2D eigenvalue weighted by Crippen LogP contribution is 2.27. The standard InChI is InChI=1S/C15H15NO4S2/c17-15(18)14-10-21-8-7-16(14)22(19,20)13-6-5-11-3-1-2-4-12(11)9-13/h1-6,9,14H,7-8,10H2,(H,17,18). The number of rotatable bonds is 3. The second-order valence-corrected chi connectivity index (χ2v) is 8.09. The molecule has 1 fully saturated rings. The van der Waals surface area contributed by atoms with E-state index < -0.39 is 22.0 Å². The zero-order chi connectivity index (χ0) is 15.7. The van der Waals surface area contributed by atoms with E-state index >= 15 is 0 Å². The van der Waals surface area contributed by atoms with Gasteiger partial charge in [-0.3, -0.25) is 4.79 Å². The van der Waals surface area contributed by atoms with Crippen LogP contribution < -0.4 is 0 Å². The van der Waals surface area contributed by atoms with Gasteiger partial charge in [-0.2, -0.15) is 16.1 Å². The Morgan fingerprint density at radius 3 is 2.64 bits per heavy atom. The fourth-order valence-corrected chi connectivity index (χ4v) is 5.40. The summed E-state index contributed by atoms with van der Waals surface area (Å²) in [5, 5.41) is 11.0. The van der Waals surface area contributed by atoms with Crippen molar-refractivity contribution in [1.82, 2.24) is 4.31 Å². The normalized spacial score (nSPS) is 20.1.